The van der Waals surface area contributed by atoms with Gasteiger partial charge in [-0.15, -0.1) is 0 Å². The quantitative estimate of drug-likeness (QED) is 0.659. The summed E-state index contributed by atoms with van der Waals surface area (Å²) in [4.78, 5) is 4.24. The average molecular weight is 322 g/mol. The molecule has 0 amide bonds. The smallest absolute Gasteiger partial charge is 0.221 e. The Morgan fingerprint density at radius 2 is 2.05 bits per heavy atom. The van der Waals surface area contributed by atoms with Crippen molar-refractivity contribution in [2.75, 3.05) is 5.43 Å². The van der Waals surface area contributed by atoms with E-state index in [2.05, 4.69) is 46.3 Å². The van der Waals surface area contributed by atoms with Gasteiger partial charge in [-0.2, -0.15) is 4.98 Å². The lowest BCUT2D eigenvalue weighted by Gasteiger charge is -2.14. The molecule has 1 aromatic carbocycles. The number of halogens is 1. The van der Waals surface area contributed by atoms with Gasteiger partial charge in [0.1, 0.15) is 11.6 Å². The molecule has 0 atom stereocenters. The zero-order chi connectivity index (χ0) is 13.8. The predicted molar refractivity (Wildman–Crippen MR) is 80.4 cm³/mol. The van der Waals surface area contributed by atoms with Gasteiger partial charge in [0, 0.05) is 10.5 Å². The monoisotopic (exact) mass is 321 g/mol. The minimum absolute atomic E-state index is 0.364. The van der Waals surface area contributed by atoms with Crippen LogP contribution < -0.4 is 16.0 Å². The van der Waals surface area contributed by atoms with Crippen LogP contribution in [-0.2, 0) is 0 Å². The first kappa shape index (κ1) is 13.8. The lowest BCUT2D eigenvalue weighted by atomic mass is 10.0. The third kappa shape index (κ3) is 3.45. The zero-order valence-corrected chi connectivity index (χ0v) is 12.4. The Kier molecular flexibility index (Phi) is 4.39. The number of hydrazine groups is 1. The maximum Gasteiger partial charge on any atom is 0.221 e. The molecule has 4 nitrogen and oxygen atoms in total. The fourth-order valence-electron chi connectivity index (χ4n) is 1.73. The second-order valence-corrected chi connectivity index (χ2v) is 5.36. The molecular weight excluding hydrogens is 306 g/mol. The summed E-state index contributed by atoms with van der Waals surface area (Å²) in [5.41, 5.74) is 3.63. The van der Waals surface area contributed by atoms with Crippen molar-refractivity contribution in [3.63, 3.8) is 0 Å². The van der Waals surface area contributed by atoms with Crippen LogP contribution in [0.5, 0.6) is 11.6 Å². The summed E-state index contributed by atoms with van der Waals surface area (Å²) in [5.74, 6) is 7.59. The van der Waals surface area contributed by atoms with E-state index in [-0.39, 0.29) is 0 Å². The number of anilines is 1. The molecule has 0 aliphatic heterocycles. The molecule has 19 heavy (non-hydrogen) atoms. The van der Waals surface area contributed by atoms with Crippen molar-refractivity contribution in [2.45, 2.75) is 19.8 Å². The number of aromatic nitrogens is 1. The first-order chi connectivity index (χ1) is 9.10. The van der Waals surface area contributed by atoms with E-state index < -0.39 is 0 Å². The van der Waals surface area contributed by atoms with Crippen molar-refractivity contribution in [1.29, 1.82) is 0 Å². The predicted octanol–water partition coefficient (Wildman–Crippen LogP) is 4.05. The van der Waals surface area contributed by atoms with Gasteiger partial charge < -0.3 is 10.2 Å². The summed E-state index contributed by atoms with van der Waals surface area (Å²) in [6, 6.07) is 11.4. The van der Waals surface area contributed by atoms with Gasteiger partial charge in [-0.3, -0.25) is 0 Å². The van der Waals surface area contributed by atoms with Gasteiger partial charge in [0.05, 0.1) is 0 Å². The molecule has 0 spiro atoms. The summed E-state index contributed by atoms with van der Waals surface area (Å²) in [5, 5.41) is 0. The second kappa shape index (κ2) is 6.04. The Labute approximate surface area is 121 Å². The molecule has 3 N–H and O–H groups in total. The highest BCUT2D eigenvalue weighted by molar-refractivity contribution is 9.10. The molecule has 1 heterocycles. The molecule has 5 heteroatoms. The Bertz CT molecular complexity index is 572. The van der Waals surface area contributed by atoms with Gasteiger partial charge in [0.2, 0.25) is 5.88 Å². The van der Waals surface area contributed by atoms with Crippen LogP contribution >= 0.6 is 15.9 Å². The van der Waals surface area contributed by atoms with Crippen LogP contribution in [-0.4, -0.2) is 4.98 Å². The Morgan fingerprint density at radius 3 is 2.74 bits per heavy atom. The SMILES string of the molecule is CC(C)c1cc(Br)ccc1Oc1cccc(NN)n1. The Morgan fingerprint density at radius 1 is 1.26 bits per heavy atom. The number of benzene rings is 1. The largest absolute Gasteiger partial charge is 0.439 e. The maximum absolute atomic E-state index is 5.84. The number of rotatable bonds is 4. The number of nitrogen functional groups attached to an aromatic ring is 1. The van der Waals surface area contributed by atoms with Crippen molar-refractivity contribution in [2.24, 2.45) is 5.84 Å². The molecule has 0 saturated heterocycles. The minimum Gasteiger partial charge on any atom is -0.439 e. The number of pyridine rings is 1. The molecule has 100 valence electrons. The molecule has 0 bridgehead atoms. The highest BCUT2D eigenvalue weighted by atomic mass is 79.9. The number of hydrogen-bond donors (Lipinski definition) is 2. The normalized spacial score (nSPS) is 10.6. The van der Waals surface area contributed by atoms with Gasteiger partial charge in [0.15, 0.2) is 0 Å². The van der Waals surface area contributed by atoms with E-state index in [1.165, 1.54) is 0 Å². The lowest BCUT2D eigenvalue weighted by molar-refractivity contribution is 0.455. The first-order valence-electron chi connectivity index (χ1n) is 6.01. The van der Waals surface area contributed by atoms with Crippen molar-refractivity contribution >= 4 is 21.7 Å². The number of ether oxygens (including phenoxy) is 1. The van der Waals surface area contributed by atoms with Gasteiger partial charge in [0.25, 0.3) is 0 Å². The summed E-state index contributed by atoms with van der Waals surface area (Å²) >= 11 is 3.48. The van der Waals surface area contributed by atoms with E-state index in [1.54, 1.807) is 12.1 Å². The van der Waals surface area contributed by atoms with E-state index in [9.17, 15) is 0 Å². The second-order valence-electron chi connectivity index (χ2n) is 4.44. The van der Waals surface area contributed by atoms with Gasteiger partial charge in [-0.25, -0.2) is 5.84 Å². The highest BCUT2D eigenvalue weighted by Crippen LogP contribution is 2.32. The number of nitrogens with one attached hydrogen (secondary N) is 1. The van der Waals surface area contributed by atoms with Crippen LogP contribution in [0.4, 0.5) is 5.82 Å². The fourth-order valence-corrected chi connectivity index (χ4v) is 2.11. The van der Waals surface area contributed by atoms with Crippen molar-refractivity contribution in [1.82, 2.24) is 4.98 Å². The Balaban J connectivity index is 2.32. The molecule has 1 aromatic heterocycles. The molecule has 2 rings (SSSR count). The topological polar surface area (TPSA) is 60.2 Å². The molecule has 0 fully saturated rings. The van der Waals surface area contributed by atoms with Gasteiger partial charge in [-0.05, 0) is 35.7 Å². The van der Waals surface area contributed by atoms with Crippen LogP contribution in [0.15, 0.2) is 40.9 Å². The summed E-state index contributed by atoms with van der Waals surface area (Å²) in [7, 11) is 0. The third-order valence-corrected chi connectivity index (χ3v) is 3.17. The number of nitrogens with zero attached hydrogens (tertiary/aromatic N) is 1. The van der Waals surface area contributed by atoms with Crippen LogP contribution in [0, 0.1) is 0 Å². The maximum atomic E-state index is 5.84. The number of nitrogens with two attached hydrogens (primary N) is 1. The third-order valence-electron chi connectivity index (χ3n) is 2.68. The average Bonchev–Trinajstić information content (AvgIpc) is 2.41. The minimum atomic E-state index is 0.364. The van der Waals surface area contributed by atoms with E-state index in [1.807, 2.05) is 18.2 Å². The summed E-state index contributed by atoms with van der Waals surface area (Å²) < 4.78 is 6.88. The Hall–Kier alpha value is -1.59. The van der Waals surface area contributed by atoms with Crippen LogP contribution in [0.3, 0.4) is 0 Å². The molecular formula is C14H16BrN3O. The van der Waals surface area contributed by atoms with Crippen molar-refractivity contribution in [3.05, 3.63) is 46.4 Å². The zero-order valence-electron chi connectivity index (χ0n) is 10.9. The van der Waals surface area contributed by atoms with E-state index in [4.69, 9.17) is 10.6 Å². The summed E-state index contributed by atoms with van der Waals surface area (Å²) in [6.07, 6.45) is 0. The summed E-state index contributed by atoms with van der Waals surface area (Å²) in [6.45, 7) is 4.25. The fraction of sp³-hybridized carbons (Fsp3) is 0.214. The van der Waals surface area contributed by atoms with Gasteiger partial charge >= 0.3 is 0 Å². The number of hydrogen-bond acceptors (Lipinski definition) is 4. The van der Waals surface area contributed by atoms with Crippen LogP contribution in [0.2, 0.25) is 0 Å². The first-order valence-corrected chi connectivity index (χ1v) is 6.80. The molecule has 0 unspecified atom stereocenters. The van der Waals surface area contributed by atoms with Gasteiger partial charge in [-0.1, -0.05) is 35.8 Å². The van der Waals surface area contributed by atoms with E-state index >= 15 is 0 Å². The molecule has 2 aromatic rings. The molecule has 0 radical (unpaired) electrons. The van der Waals surface area contributed by atoms with Crippen molar-refractivity contribution < 1.29 is 4.74 Å². The lowest BCUT2D eigenvalue weighted by Crippen LogP contribution is -2.08. The highest BCUT2D eigenvalue weighted by Gasteiger charge is 2.10. The van der Waals surface area contributed by atoms with Crippen LogP contribution in [0.25, 0.3) is 0 Å². The molecule has 0 aliphatic carbocycles. The van der Waals surface area contributed by atoms with Crippen molar-refractivity contribution in [3.8, 4) is 11.6 Å². The van der Waals surface area contributed by atoms with Crippen LogP contribution in [0.1, 0.15) is 25.3 Å². The molecule has 0 aliphatic rings. The van der Waals surface area contributed by atoms with E-state index in [0.29, 0.717) is 17.6 Å². The standard InChI is InChI=1S/C14H16BrN3O/c1-9(2)11-8-10(15)6-7-12(11)19-14-5-3-4-13(17-14)18-16/h3-9H,16H2,1-2H3,(H,17,18). The molecule has 0 saturated carbocycles. The van der Waals surface area contributed by atoms with E-state index in [0.717, 1.165) is 15.8 Å².